The maximum atomic E-state index is 9.26. The van der Waals surface area contributed by atoms with Crippen LogP contribution in [0.4, 0.5) is 5.13 Å². The molecule has 3 rings (SSSR count). The first-order valence-electron chi connectivity index (χ1n) is 5.11. The Labute approximate surface area is 97.2 Å². The van der Waals surface area contributed by atoms with Gasteiger partial charge in [-0.15, -0.1) is 0 Å². The highest BCUT2D eigenvalue weighted by molar-refractivity contribution is 7.15. The normalized spacial score (nSPS) is 31.0. The number of nitrogens with two attached hydrogens (primary N) is 1. The van der Waals surface area contributed by atoms with Gasteiger partial charge in [0.2, 0.25) is 0 Å². The second-order valence-electron chi connectivity index (χ2n) is 4.30. The van der Waals surface area contributed by atoms with E-state index >= 15 is 0 Å². The van der Waals surface area contributed by atoms with Crippen LogP contribution in [0.2, 0.25) is 0 Å². The van der Waals surface area contributed by atoms with Crippen molar-refractivity contribution in [3.63, 3.8) is 0 Å². The van der Waals surface area contributed by atoms with Crippen LogP contribution in [0, 0.1) is 11.5 Å². The van der Waals surface area contributed by atoms with Gasteiger partial charge in [-0.2, -0.15) is 5.26 Å². The first-order chi connectivity index (χ1) is 7.65. The number of aromatic nitrogens is 1. The second-order valence-corrected chi connectivity index (χ2v) is 5.33. The van der Waals surface area contributed by atoms with Crippen molar-refractivity contribution < 1.29 is 0 Å². The molecule has 5 nitrogen and oxygen atoms in total. The van der Waals surface area contributed by atoms with E-state index in [0.29, 0.717) is 11.7 Å². The first-order valence-corrected chi connectivity index (χ1v) is 5.92. The van der Waals surface area contributed by atoms with Gasteiger partial charge in [0.1, 0.15) is 5.54 Å². The number of hydrogen-bond donors (Lipinski definition) is 1. The third-order valence-corrected chi connectivity index (χ3v) is 4.39. The summed E-state index contributed by atoms with van der Waals surface area (Å²) >= 11 is 1.46. The van der Waals surface area contributed by atoms with Crippen molar-refractivity contribution in [2.45, 2.75) is 24.9 Å². The Morgan fingerprint density at radius 3 is 3.31 bits per heavy atom. The van der Waals surface area contributed by atoms with Crippen LogP contribution in [0.1, 0.15) is 17.5 Å². The number of nitrogen functional groups attached to an aromatic ring is 1. The number of hydrogen-bond acceptors (Lipinski definition) is 6. The standard InChI is InChI=1S/C10H11N5S/c1-10-4-13-3-6(15(10)5-11)2-7-8(10)16-9(12)14-7/h4,6H,2-3H2,1H3,(H2,12,14). The average Bonchev–Trinajstić information content (AvgIpc) is 2.59. The van der Waals surface area contributed by atoms with E-state index in [1.807, 2.05) is 18.0 Å². The number of anilines is 1. The molecule has 16 heavy (non-hydrogen) atoms. The van der Waals surface area contributed by atoms with Crippen molar-refractivity contribution in [3.8, 4) is 6.19 Å². The van der Waals surface area contributed by atoms with E-state index in [1.165, 1.54) is 11.3 Å². The number of nitriles is 1. The van der Waals surface area contributed by atoms with Gasteiger partial charge in [0.05, 0.1) is 23.2 Å². The Morgan fingerprint density at radius 1 is 1.75 bits per heavy atom. The zero-order chi connectivity index (χ0) is 11.3. The van der Waals surface area contributed by atoms with Gasteiger partial charge in [-0.05, 0) is 6.92 Å². The molecule has 1 aromatic rings. The molecule has 0 spiro atoms. The largest absolute Gasteiger partial charge is 0.375 e. The van der Waals surface area contributed by atoms with Gasteiger partial charge in [-0.1, -0.05) is 11.3 Å². The molecule has 2 aliphatic rings. The number of thiazole rings is 1. The second kappa shape index (κ2) is 2.95. The zero-order valence-corrected chi connectivity index (χ0v) is 9.66. The van der Waals surface area contributed by atoms with Crippen molar-refractivity contribution in [1.82, 2.24) is 9.88 Å². The summed E-state index contributed by atoms with van der Waals surface area (Å²) in [4.78, 5) is 11.6. The number of aliphatic imine (C=N–C) groups is 1. The minimum atomic E-state index is -0.444. The minimum Gasteiger partial charge on any atom is -0.375 e. The number of nitrogens with zero attached hydrogens (tertiary/aromatic N) is 4. The van der Waals surface area contributed by atoms with Crippen molar-refractivity contribution in [2.75, 3.05) is 12.3 Å². The molecule has 0 aliphatic carbocycles. The Bertz CT molecular complexity index is 514. The molecule has 6 heteroatoms. The summed E-state index contributed by atoms with van der Waals surface area (Å²) in [7, 11) is 0. The topological polar surface area (TPSA) is 78.3 Å². The summed E-state index contributed by atoms with van der Waals surface area (Å²) in [6, 6.07) is 0.133. The minimum absolute atomic E-state index is 0.133. The lowest BCUT2D eigenvalue weighted by Crippen LogP contribution is -2.55. The lowest BCUT2D eigenvalue weighted by atomic mass is 9.87. The molecule has 2 atom stereocenters. The molecule has 0 saturated carbocycles. The van der Waals surface area contributed by atoms with Crippen LogP contribution in [0.15, 0.2) is 4.99 Å². The summed E-state index contributed by atoms with van der Waals surface area (Å²) in [5.74, 6) is 0. The highest BCUT2D eigenvalue weighted by atomic mass is 32.1. The molecule has 2 bridgehead atoms. The smallest absolute Gasteiger partial charge is 0.180 e. The molecular formula is C10H11N5S. The molecule has 0 aromatic carbocycles. The quantitative estimate of drug-likeness (QED) is 0.670. The Kier molecular flexibility index (Phi) is 1.77. The van der Waals surface area contributed by atoms with Gasteiger partial charge in [0.25, 0.3) is 0 Å². The van der Waals surface area contributed by atoms with Crippen LogP contribution in [0.25, 0.3) is 0 Å². The monoisotopic (exact) mass is 233 g/mol. The van der Waals surface area contributed by atoms with Crippen molar-refractivity contribution in [2.24, 2.45) is 4.99 Å². The predicted octanol–water partition coefficient (Wildman–Crippen LogP) is 0.733. The Morgan fingerprint density at radius 2 is 2.56 bits per heavy atom. The lowest BCUT2D eigenvalue weighted by molar-refractivity contribution is 0.161. The maximum Gasteiger partial charge on any atom is 0.180 e. The summed E-state index contributed by atoms with van der Waals surface area (Å²) in [5.41, 5.74) is 6.34. The molecular weight excluding hydrogens is 222 g/mol. The molecule has 0 amide bonds. The third kappa shape index (κ3) is 1.04. The fraction of sp³-hybridized carbons (Fsp3) is 0.500. The SMILES string of the molecule is CC12C=NCC(Cc3nc(N)sc31)N2C#N. The summed E-state index contributed by atoms with van der Waals surface area (Å²) in [5, 5.41) is 9.84. The van der Waals surface area contributed by atoms with E-state index in [-0.39, 0.29) is 6.04 Å². The molecule has 2 N–H and O–H groups in total. The molecule has 3 heterocycles. The predicted molar refractivity (Wildman–Crippen MR) is 62.2 cm³/mol. The van der Waals surface area contributed by atoms with Gasteiger partial charge in [-0.3, -0.25) is 9.89 Å². The van der Waals surface area contributed by atoms with Crippen LogP contribution in [0.5, 0.6) is 0 Å². The number of rotatable bonds is 0. The van der Waals surface area contributed by atoms with Crippen LogP contribution in [0.3, 0.4) is 0 Å². The fourth-order valence-corrected chi connectivity index (χ4v) is 3.48. The van der Waals surface area contributed by atoms with Crippen molar-refractivity contribution in [3.05, 3.63) is 10.6 Å². The van der Waals surface area contributed by atoms with Gasteiger partial charge in [0, 0.05) is 12.6 Å². The fourth-order valence-electron chi connectivity index (χ4n) is 2.51. The Hall–Kier alpha value is -1.61. The average molecular weight is 233 g/mol. The van der Waals surface area contributed by atoms with Crippen LogP contribution in [-0.2, 0) is 12.0 Å². The third-order valence-electron chi connectivity index (χ3n) is 3.23. The van der Waals surface area contributed by atoms with Crippen molar-refractivity contribution >= 4 is 22.7 Å². The van der Waals surface area contributed by atoms with Crippen LogP contribution in [-0.4, -0.2) is 28.7 Å². The molecule has 0 saturated heterocycles. The van der Waals surface area contributed by atoms with Gasteiger partial charge >= 0.3 is 0 Å². The highest BCUT2D eigenvalue weighted by Gasteiger charge is 2.46. The summed E-state index contributed by atoms with van der Waals surface area (Å²) < 4.78 is 0. The van der Waals surface area contributed by atoms with Crippen LogP contribution >= 0.6 is 11.3 Å². The number of fused-ring (bicyclic) bond motifs is 4. The Balaban J connectivity index is 2.24. The van der Waals surface area contributed by atoms with Gasteiger partial charge in [-0.25, -0.2) is 4.98 Å². The van der Waals surface area contributed by atoms with Crippen LogP contribution < -0.4 is 5.73 Å². The van der Waals surface area contributed by atoms with E-state index < -0.39 is 5.54 Å². The van der Waals surface area contributed by atoms with E-state index in [2.05, 4.69) is 16.2 Å². The molecule has 0 radical (unpaired) electrons. The van der Waals surface area contributed by atoms with E-state index in [1.54, 1.807) is 0 Å². The summed E-state index contributed by atoms with van der Waals surface area (Å²) in [6.45, 7) is 2.67. The highest BCUT2D eigenvalue weighted by Crippen LogP contribution is 2.42. The molecule has 2 unspecified atom stereocenters. The first kappa shape index (κ1) is 9.60. The van der Waals surface area contributed by atoms with E-state index in [9.17, 15) is 5.26 Å². The molecule has 1 aromatic heterocycles. The zero-order valence-electron chi connectivity index (χ0n) is 8.84. The van der Waals surface area contributed by atoms with E-state index in [4.69, 9.17) is 5.73 Å². The lowest BCUT2D eigenvalue weighted by Gasteiger charge is -2.45. The molecule has 82 valence electrons. The van der Waals surface area contributed by atoms with Gasteiger partial charge < -0.3 is 5.73 Å². The van der Waals surface area contributed by atoms with E-state index in [0.717, 1.165) is 17.0 Å². The maximum absolute atomic E-state index is 9.26. The van der Waals surface area contributed by atoms with Crippen molar-refractivity contribution in [1.29, 1.82) is 5.26 Å². The molecule has 2 aliphatic heterocycles. The van der Waals surface area contributed by atoms with Gasteiger partial charge in [0.15, 0.2) is 11.3 Å². The molecule has 0 fully saturated rings. The summed E-state index contributed by atoms with van der Waals surface area (Å²) in [6.07, 6.45) is 4.89.